The molecule has 6 nitrogen and oxygen atoms in total. The zero-order valence-electron chi connectivity index (χ0n) is 14.8. The van der Waals surface area contributed by atoms with E-state index in [0.29, 0.717) is 25.3 Å². The van der Waals surface area contributed by atoms with E-state index in [1.165, 1.54) is 36.4 Å². The van der Waals surface area contributed by atoms with Crippen LogP contribution in [0.5, 0.6) is 11.5 Å². The molecule has 0 spiro atoms. The van der Waals surface area contributed by atoms with Gasteiger partial charge in [0.15, 0.2) is 0 Å². The SMILES string of the molecule is NS(=O)(=O)c1ccc(OCCN2CCCc3cc(OC(F)(F)F)ccc32)cc1. The summed E-state index contributed by atoms with van der Waals surface area (Å²) in [5, 5.41) is 5.05. The van der Waals surface area contributed by atoms with Crippen molar-refractivity contribution >= 4 is 15.7 Å². The number of benzene rings is 2. The quantitative estimate of drug-likeness (QED) is 0.783. The lowest BCUT2D eigenvalue weighted by Gasteiger charge is -2.31. The Labute approximate surface area is 160 Å². The number of halogens is 3. The van der Waals surface area contributed by atoms with Crippen molar-refractivity contribution in [3.63, 3.8) is 0 Å². The first-order valence-corrected chi connectivity index (χ1v) is 10.1. The summed E-state index contributed by atoms with van der Waals surface area (Å²) >= 11 is 0. The number of nitrogens with two attached hydrogens (primary N) is 1. The zero-order valence-corrected chi connectivity index (χ0v) is 15.6. The highest BCUT2D eigenvalue weighted by Gasteiger charge is 2.31. The maximum atomic E-state index is 12.4. The molecule has 152 valence electrons. The van der Waals surface area contributed by atoms with E-state index in [2.05, 4.69) is 4.74 Å². The minimum absolute atomic E-state index is 0.00156. The third-order valence-corrected chi connectivity index (χ3v) is 5.21. The molecule has 0 fully saturated rings. The normalized spacial score (nSPS) is 14.5. The minimum atomic E-state index is -4.71. The summed E-state index contributed by atoms with van der Waals surface area (Å²) in [5.41, 5.74) is 1.65. The van der Waals surface area contributed by atoms with Gasteiger partial charge in [0.1, 0.15) is 18.1 Å². The van der Waals surface area contributed by atoms with E-state index in [-0.39, 0.29) is 10.6 Å². The molecule has 0 unspecified atom stereocenters. The fourth-order valence-electron chi connectivity index (χ4n) is 3.08. The Kier molecular flexibility index (Phi) is 5.71. The molecule has 0 saturated heterocycles. The second kappa shape index (κ2) is 7.88. The van der Waals surface area contributed by atoms with Gasteiger partial charge >= 0.3 is 6.36 Å². The van der Waals surface area contributed by atoms with Crippen LogP contribution in [-0.4, -0.2) is 34.5 Å². The Hall–Kier alpha value is -2.46. The van der Waals surface area contributed by atoms with Crippen LogP contribution in [0.25, 0.3) is 0 Å². The molecular weight excluding hydrogens is 397 g/mol. The summed E-state index contributed by atoms with van der Waals surface area (Å²) in [4.78, 5) is 2.04. The Bertz CT molecular complexity index is 931. The lowest BCUT2D eigenvalue weighted by Crippen LogP contribution is -2.33. The topological polar surface area (TPSA) is 81.9 Å². The van der Waals surface area contributed by atoms with Crippen molar-refractivity contribution in [3.05, 3.63) is 48.0 Å². The molecule has 2 N–H and O–H groups in total. The van der Waals surface area contributed by atoms with Crippen LogP contribution in [-0.2, 0) is 16.4 Å². The number of aryl methyl sites for hydroxylation is 1. The fraction of sp³-hybridized carbons (Fsp3) is 0.333. The van der Waals surface area contributed by atoms with Gasteiger partial charge in [-0.2, -0.15) is 0 Å². The Morgan fingerprint density at radius 1 is 1.07 bits per heavy atom. The van der Waals surface area contributed by atoms with E-state index in [0.717, 1.165) is 24.2 Å². The third kappa shape index (κ3) is 5.29. The van der Waals surface area contributed by atoms with Crippen molar-refractivity contribution in [1.29, 1.82) is 0 Å². The predicted octanol–water partition coefficient (Wildman–Crippen LogP) is 3.06. The highest BCUT2D eigenvalue weighted by molar-refractivity contribution is 7.89. The molecule has 1 aliphatic heterocycles. The molecule has 2 aromatic rings. The van der Waals surface area contributed by atoms with E-state index in [1.54, 1.807) is 6.07 Å². The zero-order chi connectivity index (χ0) is 20.4. The maximum Gasteiger partial charge on any atom is 0.573 e. The van der Waals surface area contributed by atoms with Gasteiger partial charge in [-0.3, -0.25) is 0 Å². The standard InChI is InChI=1S/C18H19F3N2O4S/c19-18(20,21)27-15-5-8-17-13(12-15)2-1-9-23(17)10-11-26-14-3-6-16(7-4-14)28(22,24)25/h3-8,12H,1-2,9-11H2,(H2,22,24,25). The van der Waals surface area contributed by atoms with Crippen molar-refractivity contribution in [1.82, 2.24) is 0 Å². The van der Waals surface area contributed by atoms with Crippen LogP contribution >= 0.6 is 0 Å². The second-order valence-electron chi connectivity index (χ2n) is 6.29. The maximum absolute atomic E-state index is 12.4. The average molecular weight is 416 g/mol. The van der Waals surface area contributed by atoms with Crippen LogP contribution in [0, 0.1) is 0 Å². The van der Waals surface area contributed by atoms with Crippen LogP contribution in [0.4, 0.5) is 18.9 Å². The number of nitrogens with zero attached hydrogens (tertiary/aromatic N) is 1. The molecule has 1 aliphatic rings. The Morgan fingerprint density at radius 2 is 1.75 bits per heavy atom. The molecule has 0 amide bonds. The van der Waals surface area contributed by atoms with Crippen LogP contribution < -0.4 is 19.5 Å². The van der Waals surface area contributed by atoms with Gasteiger partial charge in [-0.15, -0.1) is 13.2 Å². The number of primary sulfonamides is 1. The minimum Gasteiger partial charge on any atom is -0.492 e. The Balaban J connectivity index is 1.60. The number of ether oxygens (including phenoxy) is 2. The van der Waals surface area contributed by atoms with E-state index in [9.17, 15) is 21.6 Å². The van der Waals surface area contributed by atoms with Gasteiger partial charge in [-0.1, -0.05) is 0 Å². The van der Waals surface area contributed by atoms with Crippen molar-refractivity contribution < 1.29 is 31.1 Å². The third-order valence-electron chi connectivity index (χ3n) is 4.28. The first-order valence-electron chi connectivity index (χ1n) is 8.51. The molecule has 0 saturated carbocycles. The number of alkyl halides is 3. The van der Waals surface area contributed by atoms with Crippen molar-refractivity contribution in [3.8, 4) is 11.5 Å². The molecular formula is C18H19F3N2O4S. The number of hydrogen-bond acceptors (Lipinski definition) is 5. The first-order chi connectivity index (χ1) is 13.1. The molecule has 0 aromatic heterocycles. The predicted molar refractivity (Wildman–Crippen MR) is 97.0 cm³/mol. The van der Waals surface area contributed by atoms with E-state index < -0.39 is 16.4 Å². The van der Waals surface area contributed by atoms with Gasteiger partial charge < -0.3 is 14.4 Å². The summed E-state index contributed by atoms with van der Waals surface area (Å²) in [5.74, 6) is 0.276. The van der Waals surface area contributed by atoms with Gasteiger partial charge in [0, 0.05) is 12.2 Å². The van der Waals surface area contributed by atoms with Crippen molar-refractivity contribution in [2.24, 2.45) is 5.14 Å². The van der Waals surface area contributed by atoms with Gasteiger partial charge in [0.05, 0.1) is 11.4 Å². The lowest BCUT2D eigenvalue weighted by molar-refractivity contribution is -0.274. The number of fused-ring (bicyclic) bond motifs is 1. The fourth-order valence-corrected chi connectivity index (χ4v) is 3.60. The van der Waals surface area contributed by atoms with E-state index in [4.69, 9.17) is 9.88 Å². The highest BCUT2D eigenvalue weighted by atomic mass is 32.2. The van der Waals surface area contributed by atoms with Crippen LogP contribution in [0.2, 0.25) is 0 Å². The summed E-state index contributed by atoms with van der Waals surface area (Å²) < 4.78 is 69.2. The molecule has 0 aliphatic carbocycles. The average Bonchev–Trinajstić information content (AvgIpc) is 2.60. The molecule has 28 heavy (non-hydrogen) atoms. The molecule has 0 radical (unpaired) electrons. The molecule has 2 aromatic carbocycles. The van der Waals surface area contributed by atoms with Crippen LogP contribution in [0.15, 0.2) is 47.4 Å². The lowest BCUT2D eigenvalue weighted by atomic mass is 10.0. The summed E-state index contributed by atoms with van der Waals surface area (Å²) in [6, 6.07) is 10.1. The number of hydrogen-bond donors (Lipinski definition) is 1. The largest absolute Gasteiger partial charge is 0.573 e. The van der Waals surface area contributed by atoms with Crippen LogP contribution in [0.3, 0.4) is 0 Å². The molecule has 10 heteroatoms. The van der Waals surface area contributed by atoms with Gasteiger partial charge in [0.2, 0.25) is 10.0 Å². The summed E-state index contributed by atoms with van der Waals surface area (Å²) in [7, 11) is -3.75. The summed E-state index contributed by atoms with van der Waals surface area (Å²) in [6.45, 7) is 1.62. The monoisotopic (exact) mass is 416 g/mol. The van der Waals surface area contributed by atoms with E-state index >= 15 is 0 Å². The number of anilines is 1. The van der Waals surface area contributed by atoms with E-state index in [1.807, 2.05) is 4.90 Å². The first kappa shape index (κ1) is 20.3. The van der Waals surface area contributed by atoms with Gasteiger partial charge in [-0.05, 0) is 60.9 Å². The molecule has 0 bridgehead atoms. The van der Waals surface area contributed by atoms with Crippen molar-refractivity contribution in [2.45, 2.75) is 24.1 Å². The van der Waals surface area contributed by atoms with Gasteiger partial charge in [0.25, 0.3) is 0 Å². The smallest absolute Gasteiger partial charge is 0.492 e. The van der Waals surface area contributed by atoms with Gasteiger partial charge in [-0.25, -0.2) is 13.6 Å². The highest BCUT2D eigenvalue weighted by Crippen LogP contribution is 2.32. The number of sulfonamides is 1. The molecule has 0 atom stereocenters. The Morgan fingerprint density at radius 3 is 2.39 bits per heavy atom. The number of rotatable bonds is 6. The van der Waals surface area contributed by atoms with Crippen molar-refractivity contribution in [2.75, 3.05) is 24.6 Å². The second-order valence-corrected chi connectivity index (χ2v) is 7.86. The molecule has 1 heterocycles. The van der Waals surface area contributed by atoms with Crippen LogP contribution in [0.1, 0.15) is 12.0 Å². The summed E-state index contributed by atoms with van der Waals surface area (Å²) in [6.07, 6.45) is -3.22. The molecule has 3 rings (SSSR count).